The Morgan fingerprint density at radius 3 is 2.47 bits per heavy atom. The number of imide groups is 1. The number of nitrogens with zero attached hydrogens (tertiary/aromatic N) is 2. The van der Waals surface area contributed by atoms with E-state index in [9.17, 15) is 19.2 Å². The molecule has 0 aromatic heterocycles. The van der Waals surface area contributed by atoms with Crippen LogP contribution in [0.4, 0.5) is 5.69 Å². The fourth-order valence-electron chi connectivity index (χ4n) is 3.83. The van der Waals surface area contributed by atoms with Crippen LogP contribution < -0.4 is 5.32 Å². The summed E-state index contributed by atoms with van der Waals surface area (Å²) in [6.07, 6.45) is 1.39. The minimum Gasteiger partial charge on any atom is -0.338 e. The monoisotopic (exact) mass is 425 g/mol. The van der Waals surface area contributed by atoms with Gasteiger partial charge >= 0.3 is 0 Å². The zero-order valence-corrected chi connectivity index (χ0v) is 17.1. The maximum Gasteiger partial charge on any atom is 0.261 e. The molecular weight excluding hydrogens is 406 g/mol. The highest BCUT2D eigenvalue weighted by Gasteiger charge is 2.33. The summed E-state index contributed by atoms with van der Waals surface area (Å²) in [6, 6.07) is 11.4. The summed E-state index contributed by atoms with van der Waals surface area (Å²) in [6.45, 7) is 0.908. The molecule has 8 heteroatoms. The second-order valence-corrected chi connectivity index (χ2v) is 7.95. The van der Waals surface area contributed by atoms with E-state index >= 15 is 0 Å². The average molecular weight is 426 g/mol. The van der Waals surface area contributed by atoms with Gasteiger partial charge in [-0.05, 0) is 55.3 Å². The maximum absolute atomic E-state index is 12.8. The van der Waals surface area contributed by atoms with Crippen LogP contribution in [-0.2, 0) is 4.79 Å². The highest BCUT2D eigenvalue weighted by molar-refractivity contribution is 6.30. The molecule has 7 nitrogen and oxygen atoms in total. The van der Waals surface area contributed by atoms with Crippen molar-refractivity contribution < 1.29 is 19.2 Å². The quantitative estimate of drug-likeness (QED) is 0.766. The number of amides is 4. The molecule has 30 heavy (non-hydrogen) atoms. The Kier molecular flexibility index (Phi) is 5.30. The minimum atomic E-state index is -0.386. The van der Waals surface area contributed by atoms with Crippen LogP contribution in [0.2, 0.25) is 5.02 Å². The molecule has 0 saturated carbocycles. The molecule has 2 aromatic carbocycles. The number of carbonyl (C=O) groups is 4. The number of halogens is 1. The van der Waals surface area contributed by atoms with Gasteiger partial charge in [-0.1, -0.05) is 11.6 Å². The highest BCUT2D eigenvalue weighted by Crippen LogP contribution is 2.26. The first-order chi connectivity index (χ1) is 14.3. The highest BCUT2D eigenvalue weighted by atomic mass is 35.5. The Morgan fingerprint density at radius 1 is 1.03 bits per heavy atom. The number of fused-ring (bicyclic) bond motifs is 1. The van der Waals surface area contributed by atoms with E-state index in [1.807, 2.05) is 0 Å². The van der Waals surface area contributed by atoms with E-state index < -0.39 is 0 Å². The van der Waals surface area contributed by atoms with E-state index in [0.29, 0.717) is 41.3 Å². The summed E-state index contributed by atoms with van der Waals surface area (Å²) in [5.41, 5.74) is 1.60. The van der Waals surface area contributed by atoms with Crippen molar-refractivity contribution in [2.45, 2.75) is 12.8 Å². The second-order valence-electron chi connectivity index (χ2n) is 7.52. The maximum atomic E-state index is 12.8. The van der Waals surface area contributed by atoms with Gasteiger partial charge in [-0.2, -0.15) is 0 Å². The van der Waals surface area contributed by atoms with Crippen molar-refractivity contribution in [1.29, 1.82) is 0 Å². The summed E-state index contributed by atoms with van der Waals surface area (Å²) in [7, 11) is 1.43. The van der Waals surface area contributed by atoms with Crippen LogP contribution >= 0.6 is 11.6 Å². The number of carbonyl (C=O) groups excluding carboxylic acids is 4. The van der Waals surface area contributed by atoms with Crippen molar-refractivity contribution >= 4 is 40.9 Å². The van der Waals surface area contributed by atoms with Crippen molar-refractivity contribution in [3.8, 4) is 0 Å². The van der Waals surface area contributed by atoms with Crippen LogP contribution in [0.3, 0.4) is 0 Å². The number of rotatable bonds is 3. The predicted octanol–water partition coefficient (Wildman–Crippen LogP) is 3.06. The lowest BCUT2D eigenvalue weighted by molar-refractivity contribution is -0.121. The Labute approximate surface area is 178 Å². The largest absolute Gasteiger partial charge is 0.338 e. The smallest absolute Gasteiger partial charge is 0.261 e. The molecule has 0 spiro atoms. The van der Waals surface area contributed by atoms with Gasteiger partial charge in [-0.3, -0.25) is 24.1 Å². The molecule has 1 unspecified atom stereocenters. The number of anilines is 1. The molecule has 1 fully saturated rings. The van der Waals surface area contributed by atoms with Gasteiger partial charge in [0.15, 0.2) is 0 Å². The van der Waals surface area contributed by atoms with E-state index in [1.165, 1.54) is 13.1 Å². The first kappa shape index (κ1) is 20.1. The zero-order chi connectivity index (χ0) is 21.4. The lowest BCUT2D eigenvalue weighted by Gasteiger charge is -2.32. The first-order valence-corrected chi connectivity index (χ1v) is 10.0. The molecule has 2 aliphatic heterocycles. The number of hydrogen-bond acceptors (Lipinski definition) is 4. The van der Waals surface area contributed by atoms with Crippen LogP contribution in [0, 0.1) is 5.92 Å². The molecular formula is C22H20ClN3O4. The van der Waals surface area contributed by atoms with E-state index in [4.69, 9.17) is 11.6 Å². The fourth-order valence-corrected chi connectivity index (χ4v) is 3.96. The Hall–Kier alpha value is -3.19. The Balaban J connectivity index is 1.44. The summed E-state index contributed by atoms with van der Waals surface area (Å²) in [5, 5.41) is 3.38. The zero-order valence-electron chi connectivity index (χ0n) is 16.4. The van der Waals surface area contributed by atoms with Crippen molar-refractivity contribution in [3.63, 3.8) is 0 Å². The number of benzene rings is 2. The summed E-state index contributed by atoms with van der Waals surface area (Å²) < 4.78 is 0. The fraction of sp³-hybridized carbons (Fsp3) is 0.273. The number of nitrogens with one attached hydrogen (secondary N) is 1. The Morgan fingerprint density at radius 2 is 1.73 bits per heavy atom. The van der Waals surface area contributed by atoms with E-state index in [-0.39, 0.29) is 35.1 Å². The normalized spacial score (nSPS) is 18.4. The van der Waals surface area contributed by atoms with E-state index in [0.717, 1.165) is 11.3 Å². The SMILES string of the molecule is CN1C(=O)c2ccc(NC(=O)C3CCCN(C(=O)c4ccc(Cl)cc4)C3)cc2C1=O. The van der Waals surface area contributed by atoms with Crippen LogP contribution in [-0.4, -0.2) is 53.6 Å². The molecule has 2 heterocycles. The van der Waals surface area contributed by atoms with Gasteiger partial charge in [0.25, 0.3) is 17.7 Å². The van der Waals surface area contributed by atoms with Gasteiger partial charge in [0.05, 0.1) is 17.0 Å². The van der Waals surface area contributed by atoms with Crippen LogP contribution in [0.15, 0.2) is 42.5 Å². The Bertz CT molecular complexity index is 1050. The van der Waals surface area contributed by atoms with Gasteiger partial charge in [0.2, 0.25) is 5.91 Å². The molecule has 0 radical (unpaired) electrons. The average Bonchev–Trinajstić information content (AvgIpc) is 2.97. The molecule has 0 bridgehead atoms. The first-order valence-electron chi connectivity index (χ1n) is 9.67. The molecule has 2 aliphatic rings. The molecule has 154 valence electrons. The number of likely N-dealkylation sites (tertiary alicyclic amines) is 1. The third-order valence-corrected chi connectivity index (χ3v) is 5.78. The molecule has 4 rings (SSSR count). The topological polar surface area (TPSA) is 86.8 Å². The van der Waals surface area contributed by atoms with Crippen molar-refractivity contribution in [2.75, 3.05) is 25.5 Å². The number of hydrogen-bond donors (Lipinski definition) is 1. The van der Waals surface area contributed by atoms with Gasteiger partial charge in [-0.25, -0.2) is 0 Å². The van der Waals surface area contributed by atoms with E-state index in [2.05, 4.69) is 5.32 Å². The van der Waals surface area contributed by atoms with Crippen molar-refractivity contribution in [3.05, 3.63) is 64.2 Å². The molecule has 1 N–H and O–H groups in total. The van der Waals surface area contributed by atoms with Gasteiger partial charge in [0.1, 0.15) is 0 Å². The lowest BCUT2D eigenvalue weighted by atomic mass is 9.96. The van der Waals surface area contributed by atoms with Gasteiger partial charge < -0.3 is 10.2 Å². The number of piperidine rings is 1. The second kappa shape index (κ2) is 7.91. The van der Waals surface area contributed by atoms with Crippen LogP contribution in [0.1, 0.15) is 43.9 Å². The molecule has 2 aromatic rings. The molecule has 0 aliphatic carbocycles. The molecule has 1 atom stereocenters. The minimum absolute atomic E-state index is 0.131. The van der Waals surface area contributed by atoms with Gasteiger partial charge in [-0.15, -0.1) is 0 Å². The standard InChI is InChI=1S/C22H20ClN3O4/c1-25-21(29)17-9-8-16(11-18(17)22(25)30)24-19(27)14-3-2-10-26(12-14)20(28)13-4-6-15(23)7-5-13/h4-9,11,14H,2-3,10,12H2,1H3,(H,24,27). The summed E-state index contributed by atoms with van der Waals surface area (Å²) >= 11 is 5.88. The third kappa shape index (κ3) is 3.68. The van der Waals surface area contributed by atoms with Crippen molar-refractivity contribution in [1.82, 2.24) is 9.80 Å². The van der Waals surface area contributed by atoms with Crippen molar-refractivity contribution in [2.24, 2.45) is 5.92 Å². The summed E-state index contributed by atoms with van der Waals surface area (Å²) in [5.74, 6) is -1.44. The lowest BCUT2D eigenvalue weighted by Crippen LogP contribution is -2.43. The predicted molar refractivity (Wildman–Crippen MR) is 112 cm³/mol. The van der Waals surface area contributed by atoms with Crippen LogP contribution in [0.5, 0.6) is 0 Å². The molecule has 1 saturated heterocycles. The third-order valence-electron chi connectivity index (χ3n) is 5.53. The van der Waals surface area contributed by atoms with E-state index in [1.54, 1.807) is 41.3 Å². The molecule has 4 amide bonds. The van der Waals surface area contributed by atoms with Crippen LogP contribution in [0.25, 0.3) is 0 Å². The summed E-state index contributed by atoms with van der Waals surface area (Å²) in [4.78, 5) is 52.4. The van der Waals surface area contributed by atoms with Gasteiger partial charge in [0, 0.05) is 36.4 Å².